The van der Waals surface area contributed by atoms with E-state index in [1.807, 2.05) is 7.05 Å². The Labute approximate surface area is 125 Å². The first kappa shape index (κ1) is 15.6. The van der Waals surface area contributed by atoms with E-state index in [-0.39, 0.29) is 17.6 Å². The highest BCUT2D eigenvalue weighted by Crippen LogP contribution is 2.33. The minimum atomic E-state index is 0.0546. The number of carbonyl (C=O) groups excluding carboxylic acids is 1. The van der Waals surface area contributed by atoms with E-state index >= 15 is 0 Å². The molecule has 0 bridgehead atoms. The van der Waals surface area contributed by atoms with Crippen molar-refractivity contribution < 1.29 is 14.6 Å². The molecule has 1 aliphatic rings. The fourth-order valence-electron chi connectivity index (χ4n) is 3.10. The van der Waals surface area contributed by atoms with Crippen molar-refractivity contribution in [3.8, 4) is 11.5 Å². The van der Waals surface area contributed by atoms with E-state index in [1.54, 1.807) is 23.1 Å². The highest BCUT2D eigenvalue weighted by molar-refractivity contribution is 5.79. The van der Waals surface area contributed by atoms with Gasteiger partial charge in [0.2, 0.25) is 5.91 Å². The number of hydrogen-bond acceptors (Lipinski definition) is 4. The van der Waals surface area contributed by atoms with Crippen LogP contribution in [0.4, 0.5) is 0 Å². The number of phenolic OH excluding ortho intramolecular Hbond substituents is 1. The van der Waals surface area contributed by atoms with Gasteiger partial charge < -0.3 is 20.5 Å². The molecule has 0 saturated heterocycles. The van der Waals surface area contributed by atoms with Crippen LogP contribution in [-0.4, -0.2) is 36.6 Å². The molecule has 116 valence electrons. The molecule has 5 nitrogen and oxygen atoms in total. The van der Waals surface area contributed by atoms with E-state index in [4.69, 9.17) is 10.5 Å². The van der Waals surface area contributed by atoms with Gasteiger partial charge in [-0.3, -0.25) is 4.79 Å². The first-order valence-corrected chi connectivity index (χ1v) is 7.37. The Morgan fingerprint density at radius 3 is 2.90 bits per heavy atom. The summed E-state index contributed by atoms with van der Waals surface area (Å²) in [5.41, 5.74) is 6.69. The van der Waals surface area contributed by atoms with Crippen molar-refractivity contribution in [1.82, 2.24) is 4.90 Å². The molecule has 1 amide bonds. The number of carbonyl (C=O) groups is 1. The molecule has 2 unspecified atom stereocenters. The van der Waals surface area contributed by atoms with Crippen LogP contribution in [0.3, 0.4) is 0 Å². The van der Waals surface area contributed by atoms with Crippen LogP contribution in [0.15, 0.2) is 18.2 Å². The van der Waals surface area contributed by atoms with Crippen molar-refractivity contribution in [1.29, 1.82) is 0 Å². The maximum Gasteiger partial charge on any atom is 0.226 e. The maximum absolute atomic E-state index is 12.5. The van der Waals surface area contributed by atoms with E-state index in [0.717, 1.165) is 24.8 Å². The molecule has 0 aromatic heterocycles. The van der Waals surface area contributed by atoms with Crippen LogP contribution in [0.1, 0.15) is 24.8 Å². The van der Waals surface area contributed by atoms with Crippen molar-refractivity contribution in [2.75, 3.05) is 20.7 Å². The average molecular weight is 292 g/mol. The predicted molar refractivity (Wildman–Crippen MR) is 81.0 cm³/mol. The third kappa shape index (κ3) is 3.47. The van der Waals surface area contributed by atoms with Gasteiger partial charge in [0, 0.05) is 19.5 Å². The fraction of sp³-hybridized carbons (Fsp3) is 0.562. The van der Waals surface area contributed by atoms with Crippen LogP contribution < -0.4 is 10.5 Å². The van der Waals surface area contributed by atoms with Gasteiger partial charge in [-0.1, -0.05) is 12.5 Å². The lowest BCUT2D eigenvalue weighted by Gasteiger charge is -2.24. The highest BCUT2D eigenvalue weighted by atomic mass is 16.5. The lowest BCUT2D eigenvalue weighted by Crippen LogP contribution is -2.36. The van der Waals surface area contributed by atoms with Gasteiger partial charge in [-0.25, -0.2) is 0 Å². The first-order valence-electron chi connectivity index (χ1n) is 7.37. The molecule has 2 atom stereocenters. The Balaban J connectivity index is 2.03. The summed E-state index contributed by atoms with van der Waals surface area (Å²) < 4.78 is 5.09. The topological polar surface area (TPSA) is 75.8 Å². The standard InChI is InChI=1S/C16H24N2O3/c1-18(16(20)13-5-3-4-12(13)9-17)10-11-6-7-14(19)15(8-11)21-2/h6-8,12-13,19H,3-5,9-10,17H2,1-2H3. The van der Waals surface area contributed by atoms with Crippen molar-refractivity contribution in [3.63, 3.8) is 0 Å². The van der Waals surface area contributed by atoms with E-state index in [0.29, 0.717) is 24.8 Å². The number of phenols is 1. The number of amides is 1. The molecule has 1 aromatic carbocycles. The fourth-order valence-corrected chi connectivity index (χ4v) is 3.10. The number of rotatable bonds is 5. The van der Waals surface area contributed by atoms with E-state index in [2.05, 4.69) is 0 Å². The second-order valence-corrected chi connectivity index (χ2v) is 5.73. The Bertz CT molecular complexity index is 504. The van der Waals surface area contributed by atoms with Crippen LogP contribution in [0.5, 0.6) is 11.5 Å². The van der Waals surface area contributed by atoms with E-state index in [1.165, 1.54) is 7.11 Å². The summed E-state index contributed by atoms with van der Waals surface area (Å²) in [5.74, 6) is 1.06. The van der Waals surface area contributed by atoms with Crippen molar-refractivity contribution >= 4 is 5.91 Å². The van der Waals surface area contributed by atoms with Crippen LogP contribution in [0, 0.1) is 11.8 Å². The van der Waals surface area contributed by atoms with Crippen LogP contribution in [0.25, 0.3) is 0 Å². The maximum atomic E-state index is 12.5. The molecule has 1 aromatic rings. The summed E-state index contributed by atoms with van der Waals surface area (Å²) in [7, 11) is 3.33. The van der Waals surface area contributed by atoms with Gasteiger partial charge in [0.05, 0.1) is 7.11 Å². The smallest absolute Gasteiger partial charge is 0.226 e. The molecule has 0 aliphatic heterocycles. The molecule has 1 saturated carbocycles. The van der Waals surface area contributed by atoms with Crippen molar-refractivity contribution in [3.05, 3.63) is 23.8 Å². The lowest BCUT2D eigenvalue weighted by molar-refractivity contribution is -0.135. The Morgan fingerprint density at radius 2 is 2.24 bits per heavy atom. The monoisotopic (exact) mass is 292 g/mol. The predicted octanol–water partition coefficient (Wildman–Crippen LogP) is 1.73. The summed E-state index contributed by atoms with van der Waals surface area (Å²) in [6, 6.07) is 5.15. The number of ether oxygens (including phenoxy) is 1. The summed E-state index contributed by atoms with van der Waals surface area (Å²) >= 11 is 0. The zero-order valence-corrected chi connectivity index (χ0v) is 12.7. The molecular weight excluding hydrogens is 268 g/mol. The molecule has 21 heavy (non-hydrogen) atoms. The van der Waals surface area contributed by atoms with Gasteiger partial charge in [0.25, 0.3) is 0 Å². The van der Waals surface area contributed by atoms with Crippen molar-refractivity contribution in [2.45, 2.75) is 25.8 Å². The van der Waals surface area contributed by atoms with Gasteiger partial charge in [0.1, 0.15) is 0 Å². The van der Waals surface area contributed by atoms with Gasteiger partial charge in [-0.15, -0.1) is 0 Å². The zero-order valence-electron chi connectivity index (χ0n) is 12.7. The summed E-state index contributed by atoms with van der Waals surface area (Å²) in [6.07, 6.45) is 3.07. The number of methoxy groups -OCH3 is 1. The van der Waals surface area contributed by atoms with Crippen molar-refractivity contribution in [2.24, 2.45) is 17.6 Å². The number of benzene rings is 1. The average Bonchev–Trinajstić information content (AvgIpc) is 2.96. The molecule has 1 fully saturated rings. The highest BCUT2D eigenvalue weighted by Gasteiger charge is 2.33. The van der Waals surface area contributed by atoms with Crippen LogP contribution in [-0.2, 0) is 11.3 Å². The summed E-state index contributed by atoms with van der Waals surface area (Å²) in [6.45, 7) is 1.08. The van der Waals surface area contributed by atoms with Crippen LogP contribution >= 0.6 is 0 Å². The largest absolute Gasteiger partial charge is 0.504 e. The molecular formula is C16H24N2O3. The van der Waals surface area contributed by atoms with Gasteiger partial charge in [-0.2, -0.15) is 0 Å². The number of hydrogen-bond donors (Lipinski definition) is 2. The Morgan fingerprint density at radius 1 is 1.48 bits per heavy atom. The SMILES string of the molecule is COc1cc(CN(C)C(=O)C2CCCC2CN)ccc1O. The van der Waals surface area contributed by atoms with E-state index < -0.39 is 0 Å². The Kier molecular flexibility index (Phi) is 5.07. The van der Waals surface area contributed by atoms with Gasteiger partial charge in [-0.05, 0) is 43.0 Å². The first-order chi connectivity index (χ1) is 10.1. The molecule has 2 rings (SSSR count). The molecule has 3 N–H and O–H groups in total. The molecule has 5 heteroatoms. The van der Waals surface area contributed by atoms with Crippen LogP contribution in [0.2, 0.25) is 0 Å². The van der Waals surface area contributed by atoms with E-state index in [9.17, 15) is 9.90 Å². The Hall–Kier alpha value is -1.75. The number of nitrogens with two attached hydrogens (primary N) is 1. The second-order valence-electron chi connectivity index (χ2n) is 5.73. The number of aromatic hydroxyl groups is 1. The summed E-state index contributed by atoms with van der Waals surface area (Å²) in [5, 5.41) is 9.60. The minimum absolute atomic E-state index is 0.0546. The quantitative estimate of drug-likeness (QED) is 0.866. The molecule has 1 aliphatic carbocycles. The number of nitrogens with zero attached hydrogens (tertiary/aromatic N) is 1. The van der Waals surface area contributed by atoms with Gasteiger partial charge in [0.15, 0.2) is 11.5 Å². The van der Waals surface area contributed by atoms with Gasteiger partial charge >= 0.3 is 0 Å². The zero-order chi connectivity index (χ0) is 15.4. The summed E-state index contributed by atoms with van der Waals surface area (Å²) in [4.78, 5) is 14.3. The normalized spacial score (nSPS) is 21.3. The lowest BCUT2D eigenvalue weighted by atomic mass is 9.95. The molecule has 0 heterocycles. The second kappa shape index (κ2) is 6.80. The molecule has 0 radical (unpaired) electrons. The minimum Gasteiger partial charge on any atom is -0.504 e. The third-order valence-electron chi connectivity index (χ3n) is 4.32. The third-order valence-corrected chi connectivity index (χ3v) is 4.32. The molecule has 0 spiro atoms.